The maximum Gasteiger partial charge on any atom is 0.485 e. The van der Waals surface area contributed by atoms with E-state index >= 15 is 0 Å². The number of alkyl halides is 3. The zero-order valence-corrected chi connectivity index (χ0v) is 21.1. The van der Waals surface area contributed by atoms with Gasteiger partial charge in [-0.1, -0.05) is 79.8 Å². The first kappa shape index (κ1) is 26.8. The van der Waals surface area contributed by atoms with Crippen molar-refractivity contribution < 1.29 is 26.1 Å². The van der Waals surface area contributed by atoms with Gasteiger partial charge in [0.25, 0.3) is 0 Å². The Bertz CT molecular complexity index is 1100. The van der Waals surface area contributed by atoms with Crippen LogP contribution < -0.4 is 15.9 Å². The Kier molecular flexibility index (Phi) is 8.67. The molecule has 174 valence electrons. The average molecular weight is 509 g/mol. The van der Waals surface area contributed by atoms with Gasteiger partial charge in [-0.15, -0.1) is 0 Å². The molecular weight excluding hydrogens is 484 g/mol. The minimum absolute atomic E-state index is 1.33. The summed E-state index contributed by atoms with van der Waals surface area (Å²) in [6.07, 6.45) is 0. The maximum absolute atomic E-state index is 10.7. The Morgan fingerprint density at radius 3 is 1.21 bits per heavy atom. The van der Waals surface area contributed by atoms with Gasteiger partial charge in [-0.2, -0.15) is 13.2 Å². The van der Waals surface area contributed by atoms with Crippen LogP contribution in [0.4, 0.5) is 13.2 Å². The molecule has 0 saturated carbocycles. The summed E-state index contributed by atoms with van der Waals surface area (Å²) in [5, 5.41) is 3.99. The van der Waals surface area contributed by atoms with Crippen LogP contribution in [0.2, 0.25) is 19.6 Å². The van der Waals surface area contributed by atoms with E-state index < -0.39 is 31.0 Å². The SMILES string of the molecule is C[Si](C)(C)C#C[P+](c1ccccc1)(c1ccccc1)c1ccccc1.O=S(=O)([O-])C(F)(F)F. The summed E-state index contributed by atoms with van der Waals surface area (Å²) in [5.41, 5.74) is 1.90. The van der Waals surface area contributed by atoms with E-state index in [1.54, 1.807) is 0 Å². The predicted octanol–water partition coefficient (Wildman–Crippen LogP) is 4.87. The molecule has 3 aromatic rings. The van der Waals surface area contributed by atoms with E-state index in [-0.39, 0.29) is 0 Å². The van der Waals surface area contributed by atoms with Crippen molar-refractivity contribution in [2.45, 2.75) is 25.1 Å². The first-order chi connectivity index (χ1) is 15.3. The lowest BCUT2D eigenvalue weighted by Gasteiger charge is -2.21. The molecule has 0 atom stereocenters. The van der Waals surface area contributed by atoms with Gasteiger partial charge < -0.3 is 4.55 Å². The maximum atomic E-state index is 10.7. The quantitative estimate of drug-likeness (QED) is 0.167. The second-order valence-electron chi connectivity index (χ2n) is 8.06. The molecule has 0 amide bonds. The summed E-state index contributed by atoms with van der Waals surface area (Å²) in [5.74, 6) is 0. The van der Waals surface area contributed by atoms with Crippen molar-refractivity contribution >= 4 is 41.4 Å². The summed E-state index contributed by atoms with van der Waals surface area (Å²) in [7, 11) is -9.57. The van der Waals surface area contributed by atoms with Crippen LogP contribution in [0.25, 0.3) is 0 Å². The zero-order chi connectivity index (χ0) is 24.8. The Balaban J connectivity index is 0.000000414. The van der Waals surface area contributed by atoms with Gasteiger partial charge in [-0.3, -0.25) is 0 Å². The largest absolute Gasteiger partial charge is 0.741 e. The summed E-state index contributed by atoms with van der Waals surface area (Å²) >= 11 is 0. The highest BCUT2D eigenvalue weighted by Gasteiger charge is 2.44. The van der Waals surface area contributed by atoms with Gasteiger partial charge in [0, 0.05) is 0 Å². The van der Waals surface area contributed by atoms with E-state index in [2.05, 4.69) is 122 Å². The number of hydrogen-bond donors (Lipinski definition) is 0. The monoisotopic (exact) mass is 508 g/mol. The molecule has 0 saturated heterocycles. The molecule has 0 unspecified atom stereocenters. The van der Waals surface area contributed by atoms with Crippen molar-refractivity contribution in [3.8, 4) is 11.2 Å². The van der Waals surface area contributed by atoms with Gasteiger partial charge in [0.05, 0.1) is 5.66 Å². The molecule has 0 aliphatic carbocycles. The zero-order valence-electron chi connectivity index (χ0n) is 18.4. The molecule has 0 radical (unpaired) electrons. The summed E-state index contributed by atoms with van der Waals surface area (Å²) in [6, 6.07) is 32.5. The fraction of sp³-hybridized carbons (Fsp3) is 0.167. The van der Waals surface area contributed by atoms with Gasteiger partial charge in [-0.25, -0.2) is 8.42 Å². The van der Waals surface area contributed by atoms with Crippen molar-refractivity contribution in [2.24, 2.45) is 0 Å². The highest BCUT2D eigenvalue weighted by molar-refractivity contribution is 7.99. The molecule has 0 spiro atoms. The predicted molar refractivity (Wildman–Crippen MR) is 132 cm³/mol. The van der Waals surface area contributed by atoms with Crippen LogP contribution in [0, 0.1) is 11.2 Å². The van der Waals surface area contributed by atoms with Crippen LogP contribution in [-0.4, -0.2) is 26.6 Å². The number of benzene rings is 3. The second-order valence-corrected chi connectivity index (χ2v) is 17.3. The Morgan fingerprint density at radius 1 is 0.727 bits per heavy atom. The van der Waals surface area contributed by atoms with E-state index in [1.807, 2.05) is 0 Å². The molecule has 0 aliphatic heterocycles. The smallest absolute Gasteiger partial charge is 0.485 e. The fourth-order valence-corrected chi connectivity index (χ4v) is 8.00. The number of halogens is 3. The molecule has 0 aliphatic rings. The molecule has 0 bridgehead atoms. The molecule has 0 heterocycles. The Morgan fingerprint density at radius 2 is 1.00 bits per heavy atom. The fourth-order valence-electron chi connectivity index (χ4n) is 2.85. The topological polar surface area (TPSA) is 57.2 Å². The van der Waals surface area contributed by atoms with Crippen LogP contribution in [0.1, 0.15) is 0 Å². The van der Waals surface area contributed by atoms with Crippen LogP contribution in [0.3, 0.4) is 0 Å². The molecule has 0 N–H and O–H groups in total. The first-order valence-electron chi connectivity index (χ1n) is 9.90. The van der Waals surface area contributed by atoms with Crippen molar-refractivity contribution in [1.82, 2.24) is 0 Å². The van der Waals surface area contributed by atoms with E-state index in [0.29, 0.717) is 0 Å². The Labute approximate surface area is 194 Å². The number of rotatable bonds is 3. The van der Waals surface area contributed by atoms with E-state index in [1.165, 1.54) is 15.9 Å². The standard InChI is InChI=1S/C23H24PSi.CHF3O3S/c1-25(2,3)20-19-24(21-13-7-4-8-14-21,22-15-9-5-10-16-22)23-17-11-6-12-18-23;2-1(3,4)8(5,6)7/h4-18H,1-3H3;(H,5,6,7)/q+1;/p-1. The Hall–Kier alpha value is -2.43. The lowest BCUT2D eigenvalue weighted by atomic mass is 10.4. The van der Waals surface area contributed by atoms with E-state index in [4.69, 9.17) is 13.0 Å². The van der Waals surface area contributed by atoms with Crippen molar-refractivity contribution in [3.05, 3.63) is 91.0 Å². The van der Waals surface area contributed by atoms with Crippen molar-refractivity contribution in [3.63, 3.8) is 0 Å². The second kappa shape index (κ2) is 10.7. The lowest BCUT2D eigenvalue weighted by molar-refractivity contribution is -0.0517. The average Bonchev–Trinajstić information content (AvgIpc) is 2.75. The van der Waals surface area contributed by atoms with Crippen LogP contribution in [0.5, 0.6) is 0 Å². The van der Waals surface area contributed by atoms with Gasteiger partial charge in [0.1, 0.15) is 24.0 Å². The highest BCUT2D eigenvalue weighted by Crippen LogP contribution is 2.54. The molecule has 9 heteroatoms. The van der Waals surface area contributed by atoms with Crippen LogP contribution in [-0.2, 0) is 10.1 Å². The first-order valence-corrected chi connectivity index (χ1v) is 16.6. The summed E-state index contributed by atoms with van der Waals surface area (Å²) in [4.78, 5) is 0. The lowest BCUT2D eigenvalue weighted by Crippen LogP contribution is -2.30. The highest BCUT2D eigenvalue weighted by atomic mass is 32.2. The normalized spacial score (nSPS) is 12.1. The molecule has 3 nitrogen and oxygen atoms in total. The third-order valence-electron chi connectivity index (χ3n) is 4.31. The van der Waals surface area contributed by atoms with Crippen molar-refractivity contribution in [2.75, 3.05) is 0 Å². The number of hydrogen-bond acceptors (Lipinski definition) is 3. The minimum atomic E-state index is -6.09. The molecule has 0 aromatic heterocycles. The van der Waals surface area contributed by atoms with Crippen LogP contribution >= 0.6 is 7.26 Å². The molecular formula is C24H24F3O3PSSi. The third-order valence-corrected chi connectivity index (χ3v) is 9.63. The molecule has 0 fully saturated rings. The van der Waals surface area contributed by atoms with Crippen LogP contribution in [0.15, 0.2) is 91.0 Å². The minimum Gasteiger partial charge on any atom is -0.741 e. The van der Waals surface area contributed by atoms with Gasteiger partial charge in [0.2, 0.25) is 0 Å². The third kappa shape index (κ3) is 7.28. The molecule has 33 heavy (non-hydrogen) atoms. The van der Waals surface area contributed by atoms with Gasteiger partial charge >= 0.3 is 5.51 Å². The van der Waals surface area contributed by atoms with E-state index in [0.717, 1.165) is 0 Å². The van der Waals surface area contributed by atoms with E-state index in [9.17, 15) is 13.2 Å². The summed E-state index contributed by atoms with van der Waals surface area (Å²) in [6.45, 7) is 6.95. The van der Waals surface area contributed by atoms with Gasteiger partial charge in [0.15, 0.2) is 17.4 Å². The van der Waals surface area contributed by atoms with Gasteiger partial charge in [-0.05, 0) is 36.4 Å². The van der Waals surface area contributed by atoms with Crippen molar-refractivity contribution in [1.29, 1.82) is 0 Å². The summed E-state index contributed by atoms with van der Waals surface area (Å²) < 4.78 is 58.9. The molecule has 3 rings (SSSR count). The molecule has 3 aromatic carbocycles.